The van der Waals surface area contributed by atoms with Gasteiger partial charge in [-0.3, -0.25) is 4.79 Å². The van der Waals surface area contributed by atoms with Crippen molar-refractivity contribution in [2.75, 3.05) is 6.61 Å². The van der Waals surface area contributed by atoms with Crippen LogP contribution in [-0.2, 0) is 9.53 Å². The Kier molecular flexibility index (Phi) is 7.69. The number of carbonyl (C=O) groups is 1. The van der Waals surface area contributed by atoms with Gasteiger partial charge in [0.05, 0.1) is 0 Å². The molecule has 2 heteroatoms. The van der Waals surface area contributed by atoms with Crippen LogP contribution in [0.5, 0.6) is 0 Å². The van der Waals surface area contributed by atoms with Crippen molar-refractivity contribution in [3.05, 3.63) is 23.3 Å². The molecule has 0 heterocycles. The van der Waals surface area contributed by atoms with Crippen molar-refractivity contribution in [3.63, 3.8) is 0 Å². The lowest BCUT2D eigenvalue weighted by Gasteiger charge is -2.01. The Balaban J connectivity index is 3.84. The summed E-state index contributed by atoms with van der Waals surface area (Å²) in [6.45, 7) is 8.53. The van der Waals surface area contributed by atoms with Crippen LogP contribution in [0.3, 0.4) is 0 Å². The van der Waals surface area contributed by atoms with E-state index < -0.39 is 0 Å². The number of esters is 1. The average molecular weight is 210 g/mol. The van der Waals surface area contributed by atoms with E-state index in [9.17, 15) is 4.79 Å². The van der Waals surface area contributed by atoms with Crippen molar-refractivity contribution in [3.8, 4) is 0 Å². The molecule has 0 unspecified atom stereocenters. The molecule has 0 saturated carbocycles. The summed E-state index contributed by atoms with van der Waals surface area (Å²) in [6.07, 6.45) is 6.67. The molecule has 0 aromatic rings. The van der Waals surface area contributed by atoms with Gasteiger partial charge < -0.3 is 4.74 Å². The Bertz CT molecular complexity index is 249. The summed E-state index contributed by atoms with van der Waals surface area (Å²) in [7, 11) is 0. The Morgan fingerprint density at radius 2 is 1.73 bits per heavy atom. The van der Waals surface area contributed by atoms with Crippen molar-refractivity contribution in [2.24, 2.45) is 0 Å². The number of carbonyl (C=O) groups excluding carboxylic acids is 1. The van der Waals surface area contributed by atoms with E-state index in [-0.39, 0.29) is 5.97 Å². The lowest BCUT2D eigenvalue weighted by atomic mass is 10.1. The zero-order valence-corrected chi connectivity index (χ0v) is 10.3. The summed E-state index contributed by atoms with van der Waals surface area (Å²) in [5, 5.41) is 0. The normalized spacial score (nSPS) is 12.8. The van der Waals surface area contributed by atoms with Gasteiger partial charge in [0.2, 0.25) is 0 Å². The molecule has 0 rings (SSSR count). The van der Waals surface area contributed by atoms with Crippen LogP contribution in [0.2, 0.25) is 0 Å². The number of ether oxygens (including phenoxy) is 1. The SMILES string of the molecule is CCC(=O)OC/C=C(\C)C/C=C(\C)CC. The predicted octanol–water partition coefficient (Wildman–Crippen LogP) is 3.63. The molecule has 0 aromatic heterocycles. The Hall–Kier alpha value is -1.05. The van der Waals surface area contributed by atoms with E-state index in [1.807, 2.05) is 6.08 Å². The molecule has 0 aliphatic heterocycles. The van der Waals surface area contributed by atoms with Crippen molar-refractivity contribution in [1.82, 2.24) is 0 Å². The largest absolute Gasteiger partial charge is 0.461 e. The molecule has 0 amide bonds. The zero-order valence-electron chi connectivity index (χ0n) is 10.3. The van der Waals surface area contributed by atoms with Crippen LogP contribution in [0.15, 0.2) is 23.3 Å². The molecular weight excluding hydrogens is 188 g/mol. The second-order valence-electron chi connectivity index (χ2n) is 3.70. The molecule has 0 aromatic carbocycles. The first-order valence-electron chi connectivity index (χ1n) is 5.57. The van der Waals surface area contributed by atoms with Gasteiger partial charge in [-0.05, 0) is 32.8 Å². The molecule has 86 valence electrons. The highest BCUT2D eigenvalue weighted by atomic mass is 16.5. The molecule has 0 aliphatic carbocycles. The first-order valence-corrected chi connectivity index (χ1v) is 5.57. The van der Waals surface area contributed by atoms with E-state index in [1.165, 1.54) is 11.1 Å². The molecule has 0 spiro atoms. The van der Waals surface area contributed by atoms with Gasteiger partial charge >= 0.3 is 5.97 Å². The van der Waals surface area contributed by atoms with Crippen molar-refractivity contribution >= 4 is 5.97 Å². The van der Waals surface area contributed by atoms with Crippen LogP contribution in [-0.4, -0.2) is 12.6 Å². The van der Waals surface area contributed by atoms with Gasteiger partial charge in [-0.25, -0.2) is 0 Å². The molecule has 2 nitrogen and oxygen atoms in total. The molecule has 0 bridgehead atoms. The molecule has 0 N–H and O–H groups in total. The van der Waals surface area contributed by atoms with E-state index in [0.29, 0.717) is 13.0 Å². The lowest BCUT2D eigenvalue weighted by Crippen LogP contribution is -2.02. The highest BCUT2D eigenvalue weighted by Gasteiger charge is 1.95. The van der Waals surface area contributed by atoms with Gasteiger partial charge in [0.1, 0.15) is 6.61 Å². The van der Waals surface area contributed by atoms with Crippen LogP contribution >= 0.6 is 0 Å². The maximum Gasteiger partial charge on any atom is 0.305 e. The van der Waals surface area contributed by atoms with E-state index in [0.717, 1.165) is 12.8 Å². The van der Waals surface area contributed by atoms with E-state index in [4.69, 9.17) is 4.74 Å². The van der Waals surface area contributed by atoms with Crippen LogP contribution in [0.25, 0.3) is 0 Å². The summed E-state index contributed by atoms with van der Waals surface area (Å²) in [5.74, 6) is -0.140. The molecule has 0 atom stereocenters. The first kappa shape index (κ1) is 13.9. The molecule has 0 radical (unpaired) electrons. The van der Waals surface area contributed by atoms with Crippen molar-refractivity contribution < 1.29 is 9.53 Å². The third kappa shape index (κ3) is 7.98. The van der Waals surface area contributed by atoms with Crippen molar-refractivity contribution in [2.45, 2.75) is 47.0 Å². The quantitative estimate of drug-likeness (QED) is 0.494. The van der Waals surface area contributed by atoms with E-state index in [2.05, 4.69) is 26.8 Å². The lowest BCUT2D eigenvalue weighted by molar-refractivity contribution is -0.141. The number of allylic oxidation sites excluding steroid dienone is 3. The zero-order chi connectivity index (χ0) is 11.7. The minimum Gasteiger partial charge on any atom is -0.461 e. The van der Waals surface area contributed by atoms with Gasteiger partial charge in [0.25, 0.3) is 0 Å². The Morgan fingerprint density at radius 3 is 2.27 bits per heavy atom. The van der Waals surface area contributed by atoms with E-state index in [1.54, 1.807) is 6.92 Å². The van der Waals surface area contributed by atoms with Gasteiger partial charge in [-0.2, -0.15) is 0 Å². The predicted molar refractivity (Wildman–Crippen MR) is 63.7 cm³/mol. The summed E-state index contributed by atoms with van der Waals surface area (Å²) in [6, 6.07) is 0. The van der Waals surface area contributed by atoms with Gasteiger partial charge in [-0.15, -0.1) is 0 Å². The number of hydrogen-bond acceptors (Lipinski definition) is 2. The average Bonchev–Trinajstić information content (AvgIpc) is 2.25. The highest BCUT2D eigenvalue weighted by Crippen LogP contribution is 2.06. The smallest absolute Gasteiger partial charge is 0.305 e. The van der Waals surface area contributed by atoms with Gasteiger partial charge in [0, 0.05) is 6.42 Å². The third-order valence-electron chi connectivity index (χ3n) is 2.29. The van der Waals surface area contributed by atoms with Crippen LogP contribution in [0.1, 0.15) is 47.0 Å². The minimum atomic E-state index is -0.140. The third-order valence-corrected chi connectivity index (χ3v) is 2.29. The minimum absolute atomic E-state index is 0.140. The monoisotopic (exact) mass is 210 g/mol. The Labute approximate surface area is 93.0 Å². The van der Waals surface area contributed by atoms with Crippen LogP contribution in [0.4, 0.5) is 0 Å². The molecular formula is C13H22O2. The fourth-order valence-electron chi connectivity index (χ4n) is 0.942. The first-order chi connectivity index (χ1) is 7.10. The van der Waals surface area contributed by atoms with Gasteiger partial charge in [-0.1, -0.05) is 31.1 Å². The molecule has 15 heavy (non-hydrogen) atoms. The maximum atomic E-state index is 10.8. The molecule has 0 aliphatic rings. The maximum absolute atomic E-state index is 10.8. The fraction of sp³-hybridized carbons (Fsp3) is 0.615. The summed E-state index contributed by atoms with van der Waals surface area (Å²) < 4.78 is 4.96. The molecule has 0 saturated heterocycles. The summed E-state index contributed by atoms with van der Waals surface area (Å²) in [4.78, 5) is 10.8. The summed E-state index contributed by atoms with van der Waals surface area (Å²) >= 11 is 0. The fourth-order valence-corrected chi connectivity index (χ4v) is 0.942. The topological polar surface area (TPSA) is 26.3 Å². The summed E-state index contributed by atoms with van der Waals surface area (Å²) in [5.41, 5.74) is 2.64. The Morgan fingerprint density at radius 1 is 1.07 bits per heavy atom. The number of hydrogen-bond donors (Lipinski definition) is 0. The van der Waals surface area contributed by atoms with Crippen molar-refractivity contribution in [1.29, 1.82) is 0 Å². The van der Waals surface area contributed by atoms with Crippen LogP contribution < -0.4 is 0 Å². The standard InChI is InChI=1S/C13H22O2/c1-5-11(3)7-8-12(4)9-10-15-13(14)6-2/h7,9H,5-6,8,10H2,1-4H3/b11-7+,12-9+. The van der Waals surface area contributed by atoms with Crippen LogP contribution in [0, 0.1) is 0 Å². The van der Waals surface area contributed by atoms with E-state index >= 15 is 0 Å². The second kappa shape index (κ2) is 8.27. The number of rotatable bonds is 6. The molecule has 0 fully saturated rings. The highest BCUT2D eigenvalue weighted by molar-refractivity contribution is 5.68. The second-order valence-corrected chi connectivity index (χ2v) is 3.70. The van der Waals surface area contributed by atoms with Gasteiger partial charge in [0.15, 0.2) is 0 Å².